The molecule has 1 rings (SSSR count). The minimum atomic E-state index is -0.113. The first-order valence-corrected chi connectivity index (χ1v) is 4.45. The largest absolute Gasteiger partial charge is 0.345 e. The van der Waals surface area contributed by atoms with E-state index in [1.165, 1.54) is 0 Å². The Morgan fingerprint density at radius 1 is 1.40 bits per heavy atom. The molecular formula is C12H10N2O. The number of hydrogen-bond acceptors (Lipinski definition) is 2. The Hall–Kier alpha value is -2.26. The highest BCUT2D eigenvalue weighted by atomic mass is 16.1. The third-order valence-electron chi connectivity index (χ3n) is 1.84. The second-order valence-electron chi connectivity index (χ2n) is 2.97. The molecule has 0 aliphatic carbocycles. The van der Waals surface area contributed by atoms with E-state index in [2.05, 4.69) is 11.2 Å². The van der Waals surface area contributed by atoms with Crippen LogP contribution in [0.3, 0.4) is 0 Å². The van der Waals surface area contributed by atoms with Crippen LogP contribution in [0.15, 0.2) is 24.3 Å². The van der Waals surface area contributed by atoms with Gasteiger partial charge in [0.15, 0.2) is 0 Å². The zero-order valence-corrected chi connectivity index (χ0v) is 8.16. The van der Waals surface area contributed by atoms with Gasteiger partial charge in [0.2, 0.25) is 5.91 Å². The molecule has 0 aliphatic rings. The fourth-order valence-corrected chi connectivity index (χ4v) is 1.09. The van der Waals surface area contributed by atoms with Crippen LogP contribution < -0.4 is 5.32 Å². The lowest BCUT2D eigenvalue weighted by Crippen LogP contribution is -2.25. The van der Waals surface area contributed by atoms with Gasteiger partial charge in [-0.05, 0) is 17.7 Å². The summed E-state index contributed by atoms with van der Waals surface area (Å²) in [5.41, 5.74) is 1.45. The number of rotatable bonds is 3. The monoisotopic (exact) mass is 198 g/mol. The first kappa shape index (κ1) is 10.8. The van der Waals surface area contributed by atoms with Crippen LogP contribution in [-0.4, -0.2) is 12.5 Å². The molecule has 1 aromatic rings. The van der Waals surface area contributed by atoms with E-state index in [0.29, 0.717) is 5.56 Å². The summed E-state index contributed by atoms with van der Waals surface area (Å²) >= 11 is 0. The number of hydrogen-bond donors (Lipinski definition) is 1. The number of carbonyl (C=O) groups excluding carboxylic acids is 1. The van der Waals surface area contributed by atoms with Crippen molar-refractivity contribution < 1.29 is 4.79 Å². The highest BCUT2D eigenvalue weighted by Crippen LogP contribution is 2.03. The van der Waals surface area contributed by atoms with Gasteiger partial charge in [-0.2, -0.15) is 5.26 Å². The van der Waals surface area contributed by atoms with Gasteiger partial charge in [0.1, 0.15) is 0 Å². The zero-order valence-electron chi connectivity index (χ0n) is 8.16. The van der Waals surface area contributed by atoms with E-state index in [-0.39, 0.29) is 18.9 Å². The molecule has 1 aromatic carbocycles. The molecular weight excluding hydrogens is 188 g/mol. The molecule has 3 heteroatoms. The van der Waals surface area contributed by atoms with Gasteiger partial charge in [-0.1, -0.05) is 18.1 Å². The highest BCUT2D eigenvalue weighted by Gasteiger charge is 2.01. The van der Waals surface area contributed by atoms with E-state index < -0.39 is 0 Å². The Morgan fingerprint density at radius 2 is 2.07 bits per heavy atom. The molecule has 1 amide bonds. The maximum absolute atomic E-state index is 11.3. The molecule has 0 unspecified atom stereocenters. The average molecular weight is 198 g/mol. The van der Waals surface area contributed by atoms with Crippen molar-refractivity contribution in [3.05, 3.63) is 35.4 Å². The van der Waals surface area contributed by atoms with E-state index in [1.54, 1.807) is 24.3 Å². The number of carbonyl (C=O) groups is 1. The van der Waals surface area contributed by atoms with Crippen LogP contribution in [0.4, 0.5) is 0 Å². The lowest BCUT2D eigenvalue weighted by Gasteiger charge is -2.01. The van der Waals surface area contributed by atoms with E-state index in [1.807, 2.05) is 6.07 Å². The summed E-state index contributed by atoms with van der Waals surface area (Å²) in [4.78, 5) is 11.3. The first-order chi connectivity index (χ1) is 7.26. The minimum absolute atomic E-state index is 0.113. The predicted octanol–water partition coefficient (Wildman–Crippen LogP) is 0.850. The summed E-state index contributed by atoms with van der Waals surface area (Å²) in [5, 5.41) is 11.1. The predicted molar refractivity (Wildman–Crippen MR) is 56.7 cm³/mol. The number of terminal acetylenes is 1. The molecule has 0 spiro atoms. The summed E-state index contributed by atoms with van der Waals surface area (Å²) in [6.45, 7) is 0.245. The lowest BCUT2D eigenvalue weighted by atomic mass is 10.1. The van der Waals surface area contributed by atoms with Crippen LogP contribution >= 0.6 is 0 Å². The summed E-state index contributed by atoms with van der Waals surface area (Å²) in [7, 11) is 0. The van der Waals surface area contributed by atoms with Crippen molar-refractivity contribution in [1.29, 1.82) is 5.26 Å². The second kappa shape index (κ2) is 5.47. The van der Waals surface area contributed by atoms with Crippen LogP contribution in [0, 0.1) is 23.7 Å². The molecule has 0 aromatic heterocycles. The van der Waals surface area contributed by atoms with E-state index in [0.717, 1.165) is 5.56 Å². The molecule has 74 valence electrons. The van der Waals surface area contributed by atoms with E-state index in [9.17, 15) is 4.79 Å². The molecule has 3 nitrogen and oxygen atoms in total. The number of amides is 1. The Labute approximate surface area is 88.7 Å². The Balaban J connectivity index is 2.55. The standard InChI is InChI=1S/C12H10N2O/c1-2-7-14-12(15)8-10-3-5-11(9-13)6-4-10/h1,3-6H,7-8H2,(H,14,15). The Morgan fingerprint density at radius 3 is 2.60 bits per heavy atom. The van der Waals surface area contributed by atoms with E-state index >= 15 is 0 Å². The quantitative estimate of drug-likeness (QED) is 0.732. The van der Waals surface area contributed by atoms with Crippen molar-refractivity contribution in [2.45, 2.75) is 6.42 Å². The maximum Gasteiger partial charge on any atom is 0.225 e. The lowest BCUT2D eigenvalue weighted by molar-refractivity contribution is -0.120. The van der Waals surface area contributed by atoms with Gasteiger partial charge in [0.25, 0.3) is 0 Å². The van der Waals surface area contributed by atoms with Gasteiger partial charge in [0.05, 0.1) is 24.6 Å². The Kier molecular flexibility index (Phi) is 3.94. The van der Waals surface area contributed by atoms with Crippen molar-refractivity contribution in [3.8, 4) is 18.4 Å². The number of nitrogens with one attached hydrogen (secondary N) is 1. The van der Waals surface area contributed by atoms with Crippen LogP contribution in [0.5, 0.6) is 0 Å². The molecule has 0 bridgehead atoms. The zero-order chi connectivity index (χ0) is 11.1. The van der Waals surface area contributed by atoms with Crippen LogP contribution in [0.25, 0.3) is 0 Å². The van der Waals surface area contributed by atoms with Crippen LogP contribution in [0.1, 0.15) is 11.1 Å². The van der Waals surface area contributed by atoms with Gasteiger partial charge in [-0.25, -0.2) is 0 Å². The van der Waals surface area contributed by atoms with Crippen molar-refractivity contribution in [1.82, 2.24) is 5.32 Å². The average Bonchev–Trinajstić information content (AvgIpc) is 2.27. The molecule has 0 atom stereocenters. The van der Waals surface area contributed by atoms with Crippen LogP contribution in [-0.2, 0) is 11.2 Å². The molecule has 15 heavy (non-hydrogen) atoms. The third-order valence-corrected chi connectivity index (χ3v) is 1.84. The first-order valence-electron chi connectivity index (χ1n) is 4.45. The molecule has 0 fully saturated rings. The van der Waals surface area contributed by atoms with Gasteiger partial charge in [0, 0.05) is 0 Å². The summed E-state index contributed by atoms with van der Waals surface area (Å²) in [6, 6.07) is 8.90. The maximum atomic E-state index is 11.3. The fraction of sp³-hybridized carbons (Fsp3) is 0.167. The summed E-state index contributed by atoms with van der Waals surface area (Å²) in [5.74, 6) is 2.21. The van der Waals surface area contributed by atoms with Crippen molar-refractivity contribution in [3.63, 3.8) is 0 Å². The number of nitrogens with zero attached hydrogens (tertiary/aromatic N) is 1. The summed E-state index contributed by atoms with van der Waals surface area (Å²) < 4.78 is 0. The van der Waals surface area contributed by atoms with Crippen molar-refractivity contribution in [2.75, 3.05) is 6.54 Å². The van der Waals surface area contributed by atoms with Crippen molar-refractivity contribution >= 4 is 5.91 Å². The minimum Gasteiger partial charge on any atom is -0.345 e. The smallest absolute Gasteiger partial charge is 0.225 e. The molecule has 0 aliphatic heterocycles. The topological polar surface area (TPSA) is 52.9 Å². The van der Waals surface area contributed by atoms with Gasteiger partial charge in [-0.3, -0.25) is 4.79 Å². The Bertz CT molecular complexity index is 420. The van der Waals surface area contributed by atoms with E-state index in [4.69, 9.17) is 11.7 Å². The van der Waals surface area contributed by atoms with Gasteiger partial charge in [-0.15, -0.1) is 6.42 Å². The SMILES string of the molecule is C#CCNC(=O)Cc1ccc(C#N)cc1. The molecule has 1 N–H and O–H groups in total. The number of nitriles is 1. The van der Waals surface area contributed by atoms with Gasteiger partial charge >= 0.3 is 0 Å². The van der Waals surface area contributed by atoms with Crippen LogP contribution in [0.2, 0.25) is 0 Å². The van der Waals surface area contributed by atoms with Gasteiger partial charge < -0.3 is 5.32 Å². The summed E-state index contributed by atoms with van der Waals surface area (Å²) in [6.07, 6.45) is 5.29. The third kappa shape index (κ3) is 3.54. The molecule has 0 heterocycles. The second-order valence-corrected chi connectivity index (χ2v) is 2.97. The fourth-order valence-electron chi connectivity index (χ4n) is 1.09. The van der Waals surface area contributed by atoms with Crippen molar-refractivity contribution in [2.24, 2.45) is 0 Å². The number of benzene rings is 1. The molecule has 0 saturated carbocycles. The normalized spacial score (nSPS) is 8.67. The highest BCUT2D eigenvalue weighted by molar-refractivity contribution is 5.78. The molecule has 0 radical (unpaired) electrons. The molecule has 0 saturated heterocycles.